The van der Waals surface area contributed by atoms with Crippen molar-refractivity contribution >= 4 is 0 Å². The van der Waals surface area contributed by atoms with Crippen molar-refractivity contribution in [3.63, 3.8) is 0 Å². The Labute approximate surface area is 105 Å². The van der Waals surface area contributed by atoms with E-state index in [1.54, 1.807) is 0 Å². The second kappa shape index (κ2) is 4.57. The van der Waals surface area contributed by atoms with E-state index in [0.29, 0.717) is 11.6 Å². The summed E-state index contributed by atoms with van der Waals surface area (Å²) in [5, 5.41) is 0. The Morgan fingerprint density at radius 2 is 1.71 bits per heavy atom. The molecule has 3 heteroatoms. The van der Waals surface area contributed by atoms with E-state index in [1.165, 1.54) is 0 Å². The van der Waals surface area contributed by atoms with Crippen LogP contribution in [0.25, 0.3) is 0 Å². The van der Waals surface area contributed by atoms with Crippen LogP contribution in [-0.2, 0) is 0 Å². The molecule has 0 aliphatic heterocycles. The molecule has 0 fully saturated rings. The molecule has 1 atom stereocenters. The molecular formula is C14H25N3. The van der Waals surface area contributed by atoms with Crippen molar-refractivity contribution in [2.24, 2.45) is 28.3 Å². The van der Waals surface area contributed by atoms with E-state index in [4.69, 9.17) is 11.6 Å². The Balaban J connectivity index is 3.35. The third-order valence-electron chi connectivity index (χ3n) is 3.57. The van der Waals surface area contributed by atoms with Crippen molar-refractivity contribution < 1.29 is 0 Å². The van der Waals surface area contributed by atoms with Crippen LogP contribution >= 0.6 is 0 Å². The van der Waals surface area contributed by atoms with Gasteiger partial charge in [-0.15, -0.1) is 0 Å². The minimum atomic E-state index is -0.0589. The van der Waals surface area contributed by atoms with Crippen LogP contribution in [0.15, 0.2) is 35.7 Å². The first-order chi connectivity index (χ1) is 7.70. The van der Waals surface area contributed by atoms with Gasteiger partial charge in [-0.2, -0.15) is 0 Å². The van der Waals surface area contributed by atoms with E-state index in [2.05, 4.69) is 58.3 Å². The van der Waals surface area contributed by atoms with Crippen LogP contribution < -0.4 is 17.0 Å². The summed E-state index contributed by atoms with van der Waals surface area (Å²) in [5.41, 5.74) is 10.2. The fraction of sp³-hybridized carbons (Fsp3) is 0.571. The highest BCUT2D eigenvalue weighted by Crippen LogP contribution is 2.36. The molecule has 17 heavy (non-hydrogen) atoms. The monoisotopic (exact) mass is 235 g/mol. The van der Waals surface area contributed by atoms with Crippen LogP contribution in [-0.4, -0.2) is 0 Å². The smallest absolute Gasteiger partial charge is 0.0681 e. The number of allylic oxidation sites excluding steroid dienone is 4. The molecule has 1 rings (SSSR count). The van der Waals surface area contributed by atoms with Crippen molar-refractivity contribution in [1.29, 1.82) is 0 Å². The molecule has 0 radical (unpaired) electrons. The maximum Gasteiger partial charge on any atom is 0.0681 e. The van der Waals surface area contributed by atoms with Gasteiger partial charge in [0.2, 0.25) is 0 Å². The molecule has 0 amide bonds. The fourth-order valence-corrected chi connectivity index (χ4v) is 1.85. The topological polar surface area (TPSA) is 64.1 Å². The summed E-state index contributed by atoms with van der Waals surface area (Å²) in [4.78, 5) is 0. The number of nitrogens with two attached hydrogens (primary N) is 2. The molecule has 0 aromatic heterocycles. The lowest BCUT2D eigenvalue weighted by Gasteiger charge is -2.32. The molecule has 0 aromatic rings. The second-order valence-corrected chi connectivity index (χ2v) is 5.98. The van der Waals surface area contributed by atoms with Crippen molar-refractivity contribution in [3.8, 4) is 0 Å². The number of hydrogen-bond acceptors (Lipinski definition) is 3. The molecule has 1 aliphatic carbocycles. The largest absolute Gasteiger partial charge is 0.397 e. The van der Waals surface area contributed by atoms with Crippen LogP contribution in [0.1, 0.15) is 34.6 Å². The highest BCUT2D eigenvalue weighted by atomic mass is 15.2. The molecule has 96 valence electrons. The molecule has 3 nitrogen and oxygen atoms in total. The number of nitrogens with one attached hydrogen (secondary N) is 1. The lowest BCUT2D eigenvalue weighted by Crippen LogP contribution is -2.31. The van der Waals surface area contributed by atoms with Crippen molar-refractivity contribution in [2.75, 3.05) is 0 Å². The van der Waals surface area contributed by atoms with Gasteiger partial charge in [-0.1, -0.05) is 46.8 Å². The zero-order valence-corrected chi connectivity index (χ0v) is 11.5. The molecule has 0 aromatic carbocycles. The molecule has 0 heterocycles. The third-order valence-corrected chi connectivity index (χ3v) is 3.57. The van der Waals surface area contributed by atoms with Crippen LogP contribution in [0.2, 0.25) is 0 Å². The van der Waals surface area contributed by atoms with E-state index < -0.39 is 0 Å². The van der Waals surface area contributed by atoms with Gasteiger partial charge in [-0.3, -0.25) is 5.84 Å². The Hall–Kier alpha value is -1.22. The zero-order chi connectivity index (χ0) is 13.3. The van der Waals surface area contributed by atoms with E-state index >= 15 is 0 Å². The first-order valence-electron chi connectivity index (χ1n) is 6.09. The van der Waals surface area contributed by atoms with Gasteiger partial charge in [-0.25, -0.2) is 0 Å². The zero-order valence-electron chi connectivity index (χ0n) is 11.5. The predicted molar refractivity (Wildman–Crippen MR) is 73.5 cm³/mol. The maximum absolute atomic E-state index is 6.07. The first kappa shape index (κ1) is 13.8. The van der Waals surface area contributed by atoms with Gasteiger partial charge < -0.3 is 11.2 Å². The Bertz CT molecular complexity index is 375. The van der Waals surface area contributed by atoms with Gasteiger partial charge in [0, 0.05) is 10.8 Å². The van der Waals surface area contributed by atoms with Crippen LogP contribution in [0, 0.1) is 16.7 Å². The molecule has 5 N–H and O–H groups in total. The lowest BCUT2D eigenvalue weighted by molar-refractivity contribution is 0.374. The van der Waals surface area contributed by atoms with Gasteiger partial charge in [0.05, 0.1) is 11.4 Å². The Morgan fingerprint density at radius 1 is 1.12 bits per heavy atom. The summed E-state index contributed by atoms with van der Waals surface area (Å²) < 4.78 is 0. The van der Waals surface area contributed by atoms with E-state index in [1.807, 2.05) is 6.08 Å². The minimum absolute atomic E-state index is 0.0438. The Kier molecular flexibility index (Phi) is 3.72. The van der Waals surface area contributed by atoms with Crippen LogP contribution in [0.3, 0.4) is 0 Å². The van der Waals surface area contributed by atoms with Gasteiger partial charge in [0.25, 0.3) is 0 Å². The Morgan fingerprint density at radius 3 is 2.18 bits per heavy atom. The molecular weight excluding hydrogens is 210 g/mol. The fourth-order valence-electron chi connectivity index (χ4n) is 1.85. The summed E-state index contributed by atoms with van der Waals surface area (Å²) in [6, 6.07) is 0. The van der Waals surface area contributed by atoms with E-state index in [0.717, 1.165) is 5.70 Å². The highest BCUT2D eigenvalue weighted by Gasteiger charge is 2.27. The molecule has 0 saturated heterocycles. The summed E-state index contributed by atoms with van der Waals surface area (Å²) in [6.45, 7) is 10.9. The number of hydrazine groups is 1. The standard InChI is InChI=1S/C14H25N3/c1-10(2)14(5)7-6-13(3,4)8-11(15)12(9-14)17-16/h6-10,17H,15-16H2,1-5H3/b7-6-,11-8+,12-9+. The van der Waals surface area contributed by atoms with Crippen molar-refractivity contribution in [2.45, 2.75) is 34.6 Å². The predicted octanol–water partition coefficient (Wildman–Crippen LogP) is 2.43. The summed E-state index contributed by atoms with van der Waals surface area (Å²) in [7, 11) is 0. The highest BCUT2D eigenvalue weighted by molar-refractivity contribution is 5.35. The summed E-state index contributed by atoms with van der Waals surface area (Å²) in [5.74, 6) is 6.04. The second-order valence-electron chi connectivity index (χ2n) is 5.98. The normalized spacial score (nSPS) is 36.2. The number of hydrogen-bond donors (Lipinski definition) is 3. The molecule has 1 unspecified atom stereocenters. The third kappa shape index (κ3) is 3.13. The van der Waals surface area contributed by atoms with Crippen molar-refractivity contribution in [1.82, 2.24) is 5.43 Å². The van der Waals surface area contributed by atoms with Gasteiger partial charge >= 0.3 is 0 Å². The average molecular weight is 235 g/mol. The van der Waals surface area contributed by atoms with Gasteiger partial charge in [0.1, 0.15) is 0 Å². The molecule has 0 saturated carbocycles. The van der Waals surface area contributed by atoms with Crippen LogP contribution in [0.5, 0.6) is 0 Å². The van der Waals surface area contributed by atoms with E-state index in [-0.39, 0.29) is 10.8 Å². The number of rotatable bonds is 2. The molecule has 1 aliphatic rings. The van der Waals surface area contributed by atoms with Crippen LogP contribution in [0.4, 0.5) is 0 Å². The van der Waals surface area contributed by atoms with Gasteiger partial charge in [0.15, 0.2) is 0 Å². The molecule has 0 bridgehead atoms. The van der Waals surface area contributed by atoms with Gasteiger partial charge in [-0.05, 0) is 18.1 Å². The lowest BCUT2D eigenvalue weighted by atomic mass is 9.74. The van der Waals surface area contributed by atoms with Crippen molar-refractivity contribution in [3.05, 3.63) is 35.7 Å². The SMILES string of the molecule is CC(C)C1(C)/C=C\C(C)(C)/C=C(N)\C(NN)=C/1. The quantitative estimate of drug-likeness (QED) is 0.391. The summed E-state index contributed by atoms with van der Waals surface area (Å²) >= 11 is 0. The van der Waals surface area contributed by atoms with E-state index in [9.17, 15) is 0 Å². The summed E-state index contributed by atoms with van der Waals surface area (Å²) in [6.07, 6.45) is 8.59. The average Bonchev–Trinajstić information content (AvgIpc) is 2.21. The first-order valence-corrected chi connectivity index (χ1v) is 6.09. The maximum atomic E-state index is 6.07. The minimum Gasteiger partial charge on any atom is -0.397 e. The molecule has 0 spiro atoms.